The summed E-state index contributed by atoms with van der Waals surface area (Å²) in [6.45, 7) is 4.14. The standard InChI is InChI=1S/C16H23N3/c1-3-6-16-18-11-12-19(16)13-15-8-5-4-7-14(15)9-10-17-2/h4-5,7-8,11-12,17H,3,6,9-10,13H2,1-2H3. The van der Waals surface area contributed by atoms with Crippen LogP contribution in [0.5, 0.6) is 0 Å². The second kappa shape index (κ2) is 7.10. The van der Waals surface area contributed by atoms with E-state index in [1.54, 1.807) is 0 Å². The van der Waals surface area contributed by atoms with Crippen LogP contribution in [0.4, 0.5) is 0 Å². The van der Waals surface area contributed by atoms with Crippen LogP contribution in [0.2, 0.25) is 0 Å². The van der Waals surface area contributed by atoms with E-state index in [4.69, 9.17) is 0 Å². The predicted molar refractivity (Wildman–Crippen MR) is 79.4 cm³/mol. The van der Waals surface area contributed by atoms with E-state index in [1.165, 1.54) is 17.0 Å². The number of hydrogen-bond acceptors (Lipinski definition) is 2. The van der Waals surface area contributed by atoms with Crippen LogP contribution in [0.15, 0.2) is 36.7 Å². The summed E-state index contributed by atoms with van der Waals surface area (Å²) in [4.78, 5) is 4.44. The van der Waals surface area contributed by atoms with Crippen molar-refractivity contribution in [1.29, 1.82) is 0 Å². The molecule has 1 aromatic heterocycles. The molecule has 1 heterocycles. The topological polar surface area (TPSA) is 29.9 Å². The van der Waals surface area contributed by atoms with E-state index in [2.05, 4.69) is 52.3 Å². The lowest BCUT2D eigenvalue weighted by molar-refractivity contribution is 0.696. The normalized spacial score (nSPS) is 10.8. The molecule has 0 bridgehead atoms. The summed E-state index contributed by atoms with van der Waals surface area (Å²) in [5.41, 5.74) is 2.82. The third kappa shape index (κ3) is 3.67. The van der Waals surface area contributed by atoms with Gasteiger partial charge >= 0.3 is 0 Å². The first-order valence-electron chi connectivity index (χ1n) is 7.06. The fraction of sp³-hybridized carbons (Fsp3) is 0.438. The lowest BCUT2D eigenvalue weighted by atomic mass is 10.0. The summed E-state index contributed by atoms with van der Waals surface area (Å²) in [5, 5.41) is 3.21. The molecule has 1 aromatic carbocycles. The highest BCUT2D eigenvalue weighted by Crippen LogP contribution is 2.13. The minimum atomic E-state index is 0.926. The fourth-order valence-corrected chi connectivity index (χ4v) is 2.33. The lowest BCUT2D eigenvalue weighted by Crippen LogP contribution is -2.13. The average molecular weight is 257 g/mol. The second-order valence-electron chi connectivity index (χ2n) is 4.84. The summed E-state index contributed by atoms with van der Waals surface area (Å²) in [6.07, 6.45) is 7.25. The van der Waals surface area contributed by atoms with Gasteiger partial charge < -0.3 is 9.88 Å². The number of benzene rings is 1. The molecule has 0 spiro atoms. The minimum Gasteiger partial charge on any atom is -0.331 e. The van der Waals surface area contributed by atoms with Gasteiger partial charge in [-0.1, -0.05) is 31.2 Å². The van der Waals surface area contributed by atoms with Crippen LogP contribution >= 0.6 is 0 Å². The molecule has 0 aliphatic heterocycles. The van der Waals surface area contributed by atoms with Crippen molar-refractivity contribution in [1.82, 2.24) is 14.9 Å². The Morgan fingerprint density at radius 1 is 1.16 bits per heavy atom. The molecule has 3 heteroatoms. The maximum Gasteiger partial charge on any atom is 0.108 e. The predicted octanol–water partition coefficient (Wildman–Crippen LogP) is 2.65. The van der Waals surface area contributed by atoms with E-state index in [0.717, 1.165) is 32.4 Å². The molecular formula is C16H23N3. The van der Waals surface area contributed by atoms with Crippen LogP contribution in [0.1, 0.15) is 30.3 Å². The number of rotatable bonds is 7. The van der Waals surface area contributed by atoms with Crippen LogP contribution < -0.4 is 5.32 Å². The Labute approximate surface area is 115 Å². The maximum absolute atomic E-state index is 4.44. The number of nitrogens with zero attached hydrogens (tertiary/aromatic N) is 2. The maximum atomic E-state index is 4.44. The smallest absolute Gasteiger partial charge is 0.108 e. The summed E-state index contributed by atoms with van der Waals surface area (Å²) in [7, 11) is 2.00. The van der Waals surface area contributed by atoms with Crippen LogP contribution in [0.25, 0.3) is 0 Å². The Bertz CT molecular complexity index is 502. The fourth-order valence-electron chi connectivity index (χ4n) is 2.33. The van der Waals surface area contributed by atoms with Crippen LogP contribution in [-0.2, 0) is 19.4 Å². The average Bonchev–Trinajstić information content (AvgIpc) is 2.86. The lowest BCUT2D eigenvalue weighted by Gasteiger charge is -2.12. The van der Waals surface area contributed by atoms with Crippen molar-refractivity contribution in [3.63, 3.8) is 0 Å². The number of aromatic nitrogens is 2. The number of nitrogens with one attached hydrogen (secondary N) is 1. The van der Waals surface area contributed by atoms with E-state index in [1.807, 2.05) is 13.2 Å². The Balaban J connectivity index is 2.15. The van der Waals surface area contributed by atoms with E-state index >= 15 is 0 Å². The number of imidazole rings is 1. The van der Waals surface area contributed by atoms with Gasteiger partial charge in [0.1, 0.15) is 5.82 Å². The molecule has 0 atom stereocenters. The Hall–Kier alpha value is -1.61. The first kappa shape index (κ1) is 13.8. The SMILES string of the molecule is CCCc1nccn1Cc1ccccc1CCNC. The van der Waals surface area contributed by atoms with Gasteiger partial charge in [0.2, 0.25) is 0 Å². The quantitative estimate of drug-likeness (QED) is 0.826. The van der Waals surface area contributed by atoms with Gasteiger partial charge in [0, 0.05) is 25.4 Å². The largest absolute Gasteiger partial charge is 0.331 e. The van der Waals surface area contributed by atoms with Crippen LogP contribution in [0.3, 0.4) is 0 Å². The summed E-state index contributed by atoms with van der Waals surface area (Å²) in [6, 6.07) is 8.69. The molecule has 0 aliphatic carbocycles. The van der Waals surface area contributed by atoms with Crippen molar-refractivity contribution < 1.29 is 0 Å². The first-order valence-corrected chi connectivity index (χ1v) is 7.06. The minimum absolute atomic E-state index is 0.926. The van der Waals surface area contributed by atoms with Crippen molar-refractivity contribution in [3.05, 3.63) is 53.6 Å². The zero-order valence-electron chi connectivity index (χ0n) is 11.9. The van der Waals surface area contributed by atoms with Gasteiger partial charge in [0.15, 0.2) is 0 Å². The molecule has 0 saturated heterocycles. The van der Waals surface area contributed by atoms with Crippen molar-refractivity contribution in [2.75, 3.05) is 13.6 Å². The number of hydrogen-bond donors (Lipinski definition) is 1. The molecule has 3 nitrogen and oxygen atoms in total. The monoisotopic (exact) mass is 257 g/mol. The Morgan fingerprint density at radius 3 is 2.68 bits per heavy atom. The molecule has 0 fully saturated rings. The molecule has 0 amide bonds. The van der Waals surface area contributed by atoms with E-state index in [9.17, 15) is 0 Å². The molecule has 1 N–H and O–H groups in total. The highest BCUT2D eigenvalue weighted by molar-refractivity contribution is 5.28. The van der Waals surface area contributed by atoms with Crippen LogP contribution in [0, 0.1) is 0 Å². The van der Waals surface area contributed by atoms with Crippen molar-refractivity contribution in [2.24, 2.45) is 0 Å². The van der Waals surface area contributed by atoms with Gasteiger partial charge in [0.25, 0.3) is 0 Å². The molecule has 0 saturated carbocycles. The molecule has 19 heavy (non-hydrogen) atoms. The van der Waals surface area contributed by atoms with E-state index in [0.29, 0.717) is 0 Å². The third-order valence-corrected chi connectivity index (χ3v) is 3.38. The van der Waals surface area contributed by atoms with Gasteiger partial charge in [-0.15, -0.1) is 0 Å². The Kier molecular flexibility index (Phi) is 5.16. The second-order valence-corrected chi connectivity index (χ2v) is 4.84. The molecular weight excluding hydrogens is 234 g/mol. The van der Waals surface area contributed by atoms with Crippen molar-refractivity contribution in [2.45, 2.75) is 32.7 Å². The zero-order chi connectivity index (χ0) is 13.5. The van der Waals surface area contributed by atoms with Crippen molar-refractivity contribution >= 4 is 0 Å². The van der Waals surface area contributed by atoms with Gasteiger partial charge in [-0.2, -0.15) is 0 Å². The molecule has 0 radical (unpaired) electrons. The highest BCUT2D eigenvalue weighted by atomic mass is 15.1. The Morgan fingerprint density at radius 2 is 1.95 bits per heavy atom. The van der Waals surface area contributed by atoms with Gasteiger partial charge in [-0.25, -0.2) is 4.98 Å². The summed E-state index contributed by atoms with van der Waals surface area (Å²) < 4.78 is 2.27. The van der Waals surface area contributed by atoms with Gasteiger partial charge in [-0.3, -0.25) is 0 Å². The molecule has 102 valence electrons. The molecule has 0 unspecified atom stereocenters. The van der Waals surface area contributed by atoms with Crippen molar-refractivity contribution in [3.8, 4) is 0 Å². The first-order chi connectivity index (χ1) is 9.35. The zero-order valence-corrected chi connectivity index (χ0v) is 11.9. The van der Waals surface area contributed by atoms with Crippen LogP contribution in [-0.4, -0.2) is 23.1 Å². The van der Waals surface area contributed by atoms with E-state index in [-0.39, 0.29) is 0 Å². The molecule has 0 aliphatic rings. The van der Waals surface area contributed by atoms with Gasteiger partial charge in [-0.05, 0) is 37.6 Å². The molecule has 2 aromatic rings. The summed E-state index contributed by atoms with van der Waals surface area (Å²) >= 11 is 0. The highest BCUT2D eigenvalue weighted by Gasteiger charge is 2.06. The van der Waals surface area contributed by atoms with E-state index < -0.39 is 0 Å². The number of likely N-dealkylation sites (N-methyl/N-ethyl adjacent to an activating group) is 1. The molecule has 2 rings (SSSR count). The summed E-state index contributed by atoms with van der Waals surface area (Å²) in [5.74, 6) is 1.19. The third-order valence-electron chi connectivity index (χ3n) is 3.38. The van der Waals surface area contributed by atoms with Gasteiger partial charge in [0.05, 0.1) is 0 Å². The number of aryl methyl sites for hydroxylation is 1.